The first-order valence-corrected chi connectivity index (χ1v) is 11.2. The van der Waals surface area contributed by atoms with Crippen LogP contribution in [0, 0.1) is 5.92 Å². The highest BCUT2D eigenvalue weighted by atomic mass is 35.5. The van der Waals surface area contributed by atoms with Gasteiger partial charge in [0, 0.05) is 51.8 Å². The van der Waals surface area contributed by atoms with Crippen molar-refractivity contribution in [3.63, 3.8) is 0 Å². The summed E-state index contributed by atoms with van der Waals surface area (Å²) < 4.78 is 0. The molecule has 0 bridgehead atoms. The zero-order chi connectivity index (χ0) is 21.5. The molecule has 3 rings (SSSR count). The molecule has 1 aromatic carbocycles. The largest absolute Gasteiger partial charge is 0.396 e. The van der Waals surface area contributed by atoms with Crippen LogP contribution in [-0.2, 0) is 9.59 Å². The number of halogens is 2. The molecule has 2 amide bonds. The van der Waals surface area contributed by atoms with Crippen molar-refractivity contribution in [3.8, 4) is 0 Å². The van der Waals surface area contributed by atoms with E-state index >= 15 is 0 Å². The van der Waals surface area contributed by atoms with E-state index in [1.165, 1.54) is 6.08 Å². The van der Waals surface area contributed by atoms with Gasteiger partial charge in [-0.15, -0.1) is 0 Å². The number of carbonyl (C=O) groups excluding carboxylic acids is 2. The second kappa shape index (κ2) is 11.1. The van der Waals surface area contributed by atoms with Gasteiger partial charge in [0.05, 0.1) is 10.0 Å². The Balaban J connectivity index is 1.48. The molecule has 2 aliphatic rings. The van der Waals surface area contributed by atoms with Gasteiger partial charge in [-0.2, -0.15) is 0 Å². The van der Waals surface area contributed by atoms with Gasteiger partial charge >= 0.3 is 0 Å². The summed E-state index contributed by atoms with van der Waals surface area (Å²) in [7, 11) is 0. The van der Waals surface area contributed by atoms with Gasteiger partial charge in [-0.25, -0.2) is 0 Å². The molecule has 2 aliphatic heterocycles. The second-order valence-corrected chi connectivity index (χ2v) is 8.74. The molecular formula is C22H29Cl2N3O3. The van der Waals surface area contributed by atoms with E-state index in [1.807, 2.05) is 4.90 Å². The number of carbonyl (C=O) groups is 2. The number of benzene rings is 1. The van der Waals surface area contributed by atoms with Gasteiger partial charge < -0.3 is 19.8 Å². The summed E-state index contributed by atoms with van der Waals surface area (Å²) in [6.45, 7) is 5.25. The van der Waals surface area contributed by atoms with Crippen molar-refractivity contribution in [2.45, 2.75) is 19.3 Å². The Hall–Kier alpha value is -1.60. The van der Waals surface area contributed by atoms with E-state index in [0.29, 0.717) is 48.6 Å². The Bertz CT molecular complexity index is 779. The monoisotopic (exact) mass is 453 g/mol. The first kappa shape index (κ1) is 23.1. The summed E-state index contributed by atoms with van der Waals surface area (Å²) in [5.41, 5.74) is 0.801. The molecule has 8 heteroatoms. The van der Waals surface area contributed by atoms with E-state index in [9.17, 15) is 14.7 Å². The molecule has 0 unspecified atom stereocenters. The number of nitrogens with zero attached hydrogens (tertiary/aromatic N) is 3. The lowest BCUT2D eigenvalue weighted by Gasteiger charge is -2.32. The predicted molar refractivity (Wildman–Crippen MR) is 120 cm³/mol. The average molecular weight is 454 g/mol. The van der Waals surface area contributed by atoms with E-state index in [2.05, 4.69) is 4.90 Å². The molecule has 1 N–H and O–H groups in total. The summed E-state index contributed by atoms with van der Waals surface area (Å²) in [5, 5.41) is 10.2. The topological polar surface area (TPSA) is 64.1 Å². The van der Waals surface area contributed by atoms with Gasteiger partial charge in [0.15, 0.2) is 0 Å². The van der Waals surface area contributed by atoms with E-state index in [4.69, 9.17) is 23.2 Å². The molecular weight excluding hydrogens is 425 g/mol. The number of hydrogen-bond acceptors (Lipinski definition) is 4. The van der Waals surface area contributed by atoms with Crippen LogP contribution in [0.5, 0.6) is 0 Å². The van der Waals surface area contributed by atoms with Crippen molar-refractivity contribution in [2.24, 2.45) is 5.92 Å². The van der Waals surface area contributed by atoms with Crippen LogP contribution in [0.15, 0.2) is 24.3 Å². The summed E-state index contributed by atoms with van der Waals surface area (Å²) >= 11 is 11.9. The second-order valence-electron chi connectivity index (χ2n) is 7.93. The summed E-state index contributed by atoms with van der Waals surface area (Å²) in [4.78, 5) is 31.0. The van der Waals surface area contributed by atoms with E-state index in [-0.39, 0.29) is 18.4 Å². The number of aliphatic hydroxyl groups is 1. The number of hydrogen-bond donors (Lipinski definition) is 1. The van der Waals surface area contributed by atoms with Gasteiger partial charge in [-0.3, -0.25) is 9.59 Å². The molecule has 30 heavy (non-hydrogen) atoms. The van der Waals surface area contributed by atoms with Crippen LogP contribution in [0.25, 0.3) is 6.08 Å². The Morgan fingerprint density at radius 2 is 1.83 bits per heavy atom. The molecule has 0 atom stereocenters. The third kappa shape index (κ3) is 6.45. The molecule has 2 heterocycles. The lowest BCUT2D eigenvalue weighted by molar-refractivity contribution is -0.130. The minimum atomic E-state index is -0.109. The molecule has 0 aliphatic carbocycles. The maximum atomic E-state index is 12.6. The molecule has 0 aromatic heterocycles. The van der Waals surface area contributed by atoms with Gasteiger partial charge in [-0.05, 0) is 55.6 Å². The van der Waals surface area contributed by atoms with Crippen LogP contribution >= 0.6 is 23.2 Å². The molecule has 0 radical (unpaired) electrons. The highest BCUT2D eigenvalue weighted by molar-refractivity contribution is 6.42. The Kier molecular flexibility index (Phi) is 8.57. The Labute approximate surface area is 188 Å². The fraction of sp³-hybridized carbons (Fsp3) is 0.545. The summed E-state index contributed by atoms with van der Waals surface area (Å²) in [6, 6.07) is 5.21. The Morgan fingerprint density at radius 1 is 1.07 bits per heavy atom. The third-order valence-corrected chi connectivity index (χ3v) is 6.65. The number of likely N-dealkylation sites (tertiary alicyclic amines) is 1. The zero-order valence-corrected chi connectivity index (χ0v) is 18.6. The van der Waals surface area contributed by atoms with Gasteiger partial charge in [-0.1, -0.05) is 29.3 Å². The van der Waals surface area contributed by atoms with Crippen molar-refractivity contribution < 1.29 is 14.7 Å². The Morgan fingerprint density at radius 3 is 2.53 bits per heavy atom. The number of aliphatic hydroxyl groups excluding tert-OH is 1. The summed E-state index contributed by atoms with van der Waals surface area (Å²) in [5.74, 6) is 0.406. The molecule has 0 saturated carbocycles. The molecule has 0 spiro atoms. The molecule has 1 aromatic rings. The van der Waals surface area contributed by atoms with Crippen molar-refractivity contribution in [1.82, 2.24) is 14.7 Å². The highest BCUT2D eigenvalue weighted by Crippen LogP contribution is 2.23. The smallest absolute Gasteiger partial charge is 0.246 e. The van der Waals surface area contributed by atoms with Gasteiger partial charge in [0.25, 0.3) is 0 Å². The van der Waals surface area contributed by atoms with E-state index in [1.54, 1.807) is 29.2 Å². The fourth-order valence-electron chi connectivity index (χ4n) is 3.87. The molecule has 2 fully saturated rings. The van der Waals surface area contributed by atoms with Crippen LogP contribution in [-0.4, -0.2) is 84.0 Å². The van der Waals surface area contributed by atoms with Crippen molar-refractivity contribution in [2.75, 3.05) is 52.4 Å². The SMILES string of the molecule is O=C(C=Cc1ccc(Cl)c(Cl)c1)N1CCC(=O)N(CCN2CCC(CO)CC2)CC1. The fourth-order valence-corrected chi connectivity index (χ4v) is 4.17. The minimum Gasteiger partial charge on any atom is -0.396 e. The zero-order valence-electron chi connectivity index (χ0n) is 17.1. The first-order valence-electron chi connectivity index (χ1n) is 10.5. The van der Waals surface area contributed by atoms with Crippen molar-refractivity contribution in [3.05, 3.63) is 39.9 Å². The lowest BCUT2D eigenvalue weighted by atomic mass is 9.98. The molecule has 2 saturated heterocycles. The van der Waals surface area contributed by atoms with E-state index in [0.717, 1.165) is 38.0 Å². The lowest BCUT2D eigenvalue weighted by Crippen LogP contribution is -2.42. The van der Waals surface area contributed by atoms with Crippen LogP contribution < -0.4 is 0 Å². The van der Waals surface area contributed by atoms with Gasteiger partial charge in [0.1, 0.15) is 0 Å². The van der Waals surface area contributed by atoms with E-state index < -0.39 is 0 Å². The third-order valence-electron chi connectivity index (χ3n) is 5.91. The summed E-state index contributed by atoms with van der Waals surface area (Å²) in [6.07, 6.45) is 5.60. The highest BCUT2D eigenvalue weighted by Gasteiger charge is 2.24. The number of piperidine rings is 1. The average Bonchev–Trinajstić information content (AvgIpc) is 2.94. The predicted octanol–water partition coefficient (Wildman–Crippen LogP) is 2.77. The van der Waals surface area contributed by atoms with Crippen LogP contribution in [0.1, 0.15) is 24.8 Å². The van der Waals surface area contributed by atoms with Crippen LogP contribution in [0.3, 0.4) is 0 Å². The number of rotatable bonds is 6. The van der Waals surface area contributed by atoms with Crippen LogP contribution in [0.4, 0.5) is 0 Å². The van der Waals surface area contributed by atoms with Crippen molar-refractivity contribution >= 4 is 41.1 Å². The molecule has 6 nitrogen and oxygen atoms in total. The maximum absolute atomic E-state index is 12.6. The van der Waals surface area contributed by atoms with Gasteiger partial charge in [0.2, 0.25) is 11.8 Å². The quantitative estimate of drug-likeness (QED) is 0.672. The first-order chi connectivity index (χ1) is 14.5. The normalized spacial score (nSPS) is 19.5. The van der Waals surface area contributed by atoms with Crippen LogP contribution in [0.2, 0.25) is 10.0 Å². The van der Waals surface area contributed by atoms with Crippen molar-refractivity contribution in [1.29, 1.82) is 0 Å². The maximum Gasteiger partial charge on any atom is 0.246 e. The minimum absolute atomic E-state index is 0.101. The molecule has 164 valence electrons. The number of amides is 2. The standard InChI is InChI=1S/C22H29Cl2N3O3/c23-19-3-1-17(15-20(19)24)2-4-21(29)26-10-7-22(30)27(14-13-26)12-11-25-8-5-18(16-28)6-9-25/h1-4,15,18,28H,5-14,16H2.